The number of rotatable bonds is 4. The van der Waals surface area contributed by atoms with Crippen LogP contribution >= 0.6 is 0 Å². The highest BCUT2D eigenvalue weighted by atomic mass is 16.2. The lowest BCUT2D eigenvalue weighted by Gasteiger charge is -2.17. The molecule has 1 fully saturated rings. The second kappa shape index (κ2) is 6.43. The molecule has 1 saturated heterocycles. The minimum Gasteiger partial charge on any atom is -0.338 e. The lowest BCUT2D eigenvalue weighted by atomic mass is 9.98. The topological polar surface area (TPSA) is 32.3 Å². The zero-order chi connectivity index (χ0) is 12.8. The zero-order valence-corrected chi connectivity index (χ0v) is 11.1. The Labute approximate surface area is 109 Å². The van der Waals surface area contributed by atoms with Crippen molar-refractivity contribution in [3.63, 3.8) is 0 Å². The first kappa shape index (κ1) is 12.9. The number of amides is 2. The van der Waals surface area contributed by atoms with Crippen LogP contribution < -0.4 is 5.32 Å². The van der Waals surface area contributed by atoms with Gasteiger partial charge >= 0.3 is 6.03 Å². The third-order valence-electron chi connectivity index (χ3n) is 3.62. The summed E-state index contributed by atoms with van der Waals surface area (Å²) in [6, 6.07) is 10.6. The zero-order valence-electron chi connectivity index (χ0n) is 11.1. The highest BCUT2D eigenvalue weighted by molar-refractivity contribution is 5.74. The lowest BCUT2D eigenvalue weighted by molar-refractivity contribution is 0.208. The average molecular weight is 246 g/mol. The lowest BCUT2D eigenvalue weighted by Crippen LogP contribution is -2.38. The van der Waals surface area contributed by atoms with E-state index < -0.39 is 0 Å². The van der Waals surface area contributed by atoms with E-state index in [1.54, 1.807) is 0 Å². The van der Waals surface area contributed by atoms with Crippen molar-refractivity contribution in [3.8, 4) is 0 Å². The first-order valence-electron chi connectivity index (χ1n) is 6.85. The molecule has 98 valence electrons. The number of hydrogen-bond donors (Lipinski definition) is 1. The molecule has 2 amide bonds. The van der Waals surface area contributed by atoms with Crippen LogP contribution in [-0.2, 0) is 0 Å². The monoisotopic (exact) mass is 246 g/mol. The number of nitrogens with zero attached hydrogens (tertiary/aromatic N) is 1. The van der Waals surface area contributed by atoms with E-state index in [0.29, 0.717) is 5.92 Å². The van der Waals surface area contributed by atoms with Crippen molar-refractivity contribution in [1.29, 1.82) is 0 Å². The molecule has 2 rings (SSSR count). The minimum atomic E-state index is 0.104. The first-order valence-corrected chi connectivity index (χ1v) is 6.85. The van der Waals surface area contributed by atoms with Gasteiger partial charge in [-0.2, -0.15) is 0 Å². The van der Waals surface area contributed by atoms with Crippen LogP contribution in [-0.4, -0.2) is 30.6 Å². The second-order valence-corrected chi connectivity index (χ2v) is 5.03. The van der Waals surface area contributed by atoms with Gasteiger partial charge in [0.05, 0.1) is 0 Å². The van der Waals surface area contributed by atoms with E-state index in [9.17, 15) is 4.79 Å². The molecule has 1 aromatic carbocycles. The Morgan fingerprint density at radius 1 is 1.28 bits per heavy atom. The van der Waals surface area contributed by atoms with Crippen LogP contribution in [0.25, 0.3) is 0 Å². The SMILES string of the molecule is CC(CCNC(=O)N1CCCC1)c1ccccc1. The second-order valence-electron chi connectivity index (χ2n) is 5.03. The molecule has 1 atom stereocenters. The van der Waals surface area contributed by atoms with Gasteiger partial charge < -0.3 is 10.2 Å². The summed E-state index contributed by atoms with van der Waals surface area (Å²) in [5.41, 5.74) is 1.34. The molecule has 1 unspecified atom stereocenters. The molecule has 1 aliphatic rings. The summed E-state index contributed by atoms with van der Waals surface area (Å²) in [6.45, 7) is 4.79. The van der Waals surface area contributed by atoms with Gasteiger partial charge in [0, 0.05) is 19.6 Å². The number of benzene rings is 1. The Bertz CT molecular complexity index is 371. The predicted octanol–water partition coefficient (Wildman–Crippen LogP) is 2.99. The van der Waals surface area contributed by atoms with Crippen LogP contribution in [0.5, 0.6) is 0 Å². The van der Waals surface area contributed by atoms with Crippen molar-refractivity contribution in [1.82, 2.24) is 10.2 Å². The molecule has 3 nitrogen and oxygen atoms in total. The number of likely N-dealkylation sites (tertiary alicyclic amines) is 1. The Morgan fingerprint density at radius 3 is 2.61 bits per heavy atom. The fourth-order valence-electron chi connectivity index (χ4n) is 2.38. The van der Waals surface area contributed by atoms with Gasteiger partial charge in [0.2, 0.25) is 0 Å². The Balaban J connectivity index is 1.70. The van der Waals surface area contributed by atoms with Crippen molar-refractivity contribution in [2.24, 2.45) is 0 Å². The summed E-state index contributed by atoms with van der Waals surface area (Å²) in [5, 5.41) is 3.01. The maximum atomic E-state index is 11.8. The summed E-state index contributed by atoms with van der Waals surface area (Å²) in [5.74, 6) is 0.491. The third kappa shape index (κ3) is 3.49. The van der Waals surface area contributed by atoms with Crippen molar-refractivity contribution >= 4 is 6.03 Å². The van der Waals surface area contributed by atoms with E-state index in [2.05, 4.69) is 36.5 Å². The molecule has 0 bridgehead atoms. The average Bonchev–Trinajstić information content (AvgIpc) is 2.93. The molecule has 0 radical (unpaired) electrons. The number of carbonyl (C=O) groups excluding carboxylic acids is 1. The molecule has 1 N–H and O–H groups in total. The van der Waals surface area contributed by atoms with Crippen LogP contribution in [0.2, 0.25) is 0 Å². The standard InChI is InChI=1S/C15H22N2O/c1-13(14-7-3-2-4-8-14)9-10-16-15(18)17-11-5-6-12-17/h2-4,7-8,13H,5-6,9-12H2,1H3,(H,16,18). The highest BCUT2D eigenvalue weighted by Gasteiger charge is 2.17. The van der Waals surface area contributed by atoms with E-state index in [4.69, 9.17) is 0 Å². The highest BCUT2D eigenvalue weighted by Crippen LogP contribution is 2.17. The molecule has 0 aliphatic carbocycles. The van der Waals surface area contributed by atoms with E-state index in [0.717, 1.165) is 38.9 Å². The van der Waals surface area contributed by atoms with Gasteiger partial charge in [-0.15, -0.1) is 0 Å². The van der Waals surface area contributed by atoms with Gasteiger partial charge in [-0.3, -0.25) is 0 Å². The van der Waals surface area contributed by atoms with Crippen molar-refractivity contribution < 1.29 is 4.79 Å². The number of carbonyl (C=O) groups is 1. The molecule has 0 spiro atoms. The molecule has 0 saturated carbocycles. The smallest absolute Gasteiger partial charge is 0.317 e. The Morgan fingerprint density at radius 2 is 1.94 bits per heavy atom. The maximum absolute atomic E-state index is 11.8. The third-order valence-corrected chi connectivity index (χ3v) is 3.62. The fraction of sp³-hybridized carbons (Fsp3) is 0.533. The summed E-state index contributed by atoms with van der Waals surface area (Å²) in [4.78, 5) is 13.7. The van der Waals surface area contributed by atoms with Crippen LogP contribution in [0.4, 0.5) is 4.79 Å². The van der Waals surface area contributed by atoms with Crippen molar-refractivity contribution in [2.45, 2.75) is 32.1 Å². The molecular formula is C15H22N2O. The summed E-state index contributed by atoms with van der Waals surface area (Å²) in [7, 11) is 0. The van der Waals surface area contributed by atoms with E-state index >= 15 is 0 Å². The number of urea groups is 1. The fourth-order valence-corrected chi connectivity index (χ4v) is 2.38. The summed E-state index contributed by atoms with van der Waals surface area (Å²) in [6.07, 6.45) is 3.28. The number of hydrogen-bond acceptors (Lipinski definition) is 1. The molecule has 3 heteroatoms. The number of nitrogens with one attached hydrogen (secondary N) is 1. The van der Waals surface area contributed by atoms with Gasteiger partial charge in [0.15, 0.2) is 0 Å². The molecule has 0 aromatic heterocycles. The maximum Gasteiger partial charge on any atom is 0.317 e. The minimum absolute atomic E-state index is 0.104. The first-order chi connectivity index (χ1) is 8.77. The van der Waals surface area contributed by atoms with Crippen molar-refractivity contribution in [2.75, 3.05) is 19.6 Å². The van der Waals surface area contributed by atoms with Crippen LogP contribution in [0.15, 0.2) is 30.3 Å². The molecule has 1 aliphatic heterocycles. The van der Waals surface area contributed by atoms with Crippen LogP contribution in [0, 0.1) is 0 Å². The predicted molar refractivity (Wildman–Crippen MR) is 73.7 cm³/mol. The van der Waals surface area contributed by atoms with Crippen molar-refractivity contribution in [3.05, 3.63) is 35.9 Å². The molecule has 1 heterocycles. The van der Waals surface area contributed by atoms with Gasteiger partial charge in [-0.25, -0.2) is 4.79 Å². The van der Waals surface area contributed by atoms with E-state index in [-0.39, 0.29) is 6.03 Å². The van der Waals surface area contributed by atoms with E-state index in [1.807, 2.05) is 11.0 Å². The van der Waals surface area contributed by atoms with E-state index in [1.165, 1.54) is 5.56 Å². The van der Waals surface area contributed by atoms with Gasteiger partial charge in [0.25, 0.3) is 0 Å². The molecule has 18 heavy (non-hydrogen) atoms. The normalized spacial score (nSPS) is 16.6. The van der Waals surface area contributed by atoms with Crippen LogP contribution in [0.1, 0.15) is 37.7 Å². The largest absolute Gasteiger partial charge is 0.338 e. The van der Waals surface area contributed by atoms with Gasteiger partial charge in [-0.05, 0) is 30.7 Å². The Hall–Kier alpha value is -1.51. The molecule has 1 aromatic rings. The Kier molecular flexibility index (Phi) is 4.62. The molecular weight excluding hydrogens is 224 g/mol. The van der Waals surface area contributed by atoms with Gasteiger partial charge in [-0.1, -0.05) is 37.3 Å². The summed E-state index contributed by atoms with van der Waals surface area (Å²) >= 11 is 0. The quantitative estimate of drug-likeness (QED) is 0.870. The summed E-state index contributed by atoms with van der Waals surface area (Å²) < 4.78 is 0. The van der Waals surface area contributed by atoms with Crippen LogP contribution in [0.3, 0.4) is 0 Å². The van der Waals surface area contributed by atoms with Gasteiger partial charge in [0.1, 0.15) is 0 Å².